The normalized spacial score (nSPS) is 14.6. The third kappa shape index (κ3) is 9.08. The Morgan fingerprint density at radius 3 is 1.93 bits per heavy atom. The number of hydrogen-bond donors (Lipinski definition) is 0. The molecule has 0 atom stereocenters. The summed E-state index contributed by atoms with van der Waals surface area (Å²) in [5, 5.41) is 1.74. The average Bonchev–Trinajstić information content (AvgIpc) is 3.43. The highest BCUT2D eigenvalue weighted by Gasteiger charge is 2.22. The maximum absolute atomic E-state index is 5.36. The van der Waals surface area contributed by atoms with Crippen LogP contribution in [-0.4, -0.2) is 39.7 Å². The van der Waals surface area contributed by atoms with Gasteiger partial charge in [-0.1, -0.05) is 27.7 Å². The summed E-state index contributed by atoms with van der Waals surface area (Å²) >= 11 is 0. The summed E-state index contributed by atoms with van der Waals surface area (Å²) < 4.78 is 5.36. The van der Waals surface area contributed by atoms with Crippen LogP contribution >= 0.6 is 0 Å². The topological polar surface area (TPSA) is 73.3 Å². The van der Waals surface area contributed by atoms with E-state index in [0.29, 0.717) is 12.0 Å². The number of ether oxygens (including phenoxy) is 1. The average molecular weight is 390 g/mol. The molecule has 0 bridgehead atoms. The first-order chi connectivity index (χ1) is 13.7. The predicted molar refractivity (Wildman–Crippen MR) is 112 cm³/mol. The number of nitrogens with zero attached hydrogens (tertiary/aromatic N) is 5. The molecule has 1 saturated carbocycles. The van der Waals surface area contributed by atoms with Gasteiger partial charge in [-0.25, -0.2) is 25.0 Å². The van der Waals surface area contributed by atoms with Crippen molar-refractivity contribution >= 4 is 5.95 Å². The number of rotatable bonds is 4. The minimum Gasteiger partial charge on any atom is -0.463 e. The molecular formula is C21H35N5O2. The largest absolute Gasteiger partial charge is 0.463 e. The van der Waals surface area contributed by atoms with Gasteiger partial charge in [-0.2, -0.15) is 0 Å². The summed E-state index contributed by atoms with van der Waals surface area (Å²) in [6.07, 6.45) is 10.8. The monoisotopic (exact) mass is 389 g/mol. The molecule has 0 N–H and O–H groups in total. The summed E-state index contributed by atoms with van der Waals surface area (Å²) in [6, 6.07) is 0.507. The Balaban J connectivity index is 0.000000238. The highest BCUT2D eigenvalue weighted by molar-refractivity contribution is 5.26. The molecule has 28 heavy (non-hydrogen) atoms. The Bertz CT molecular complexity index is 624. The molecule has 3 heterocycles. The summed E-state index contributed by atoms with van der Waals surface area (Å²) in [7, 11) is 0. The van der Waals surface area contributed by atoms with Crippen LogP contribution < -0.4 is 9.80 Å². The lowest BCUT2D eigenvalue weighted by Gasteiger charge is -2.12. The van der Waals surface area contributed by atoms with E-state index in [1.165, 1.54) is 12.8 Å². The lowest BCUT2D eigenvalue weighted by atomic mass is 10.4. The minimum atomic E-state index is 0.507. The van der Waals surface area contributed by atoms with Crippen LogP contribution in [0, 0.1) is 19.8 Å². The molecule has 0 unspecified atom stereocenters. The van der Waals surface area contributed by atoms with Gasteiger partial charge >= 0.3 is 6.01 Å². The van der Waals surface area contributed by atoms with Gasteiger partial charge in [0.1, 0.15) is 0 Å². The first-order valence-corrected chi connectivity index (χ1v) is 10.3. The van der Waals surface area contributed by atoms with Crippen molar-refractivity contribution in [3.63, 3.8) is 0 Å². The Labute approximate surface area is 169 Å². The van der Waals surface area contributed by atoms with Gasteiger partial charge in [0.15, 0.2) is 0 Å². The van der Waals surface area contributed by atoms with Crippen LogP contribution in [0.2, 0.25) is 0 Å². The molecule has 0 spiro atoms. The van der Waals surface area contributed by atoms with Crippen molar-refractivity contribution in [2.45, 2.75) is 60.8 Å². The Hall–Kier alpha value is -2.28. The first-order valence-electron chi connectivity index (χ1n) is 10.3. The molecule has 156 valence electrons. The van der Waals surface area contributed by atoms with E-state index in [4.69, 9.17) is 9.57 Å². The van der Waals surface area contributed by atoms with E-state index in [2.05, 4.69) is 19.9 Å². The van der Waals surface area contributed by atoms with E-state index in [1.54, 1.807) is 29.9 Å². The number of aryl methyl sites for hydroxylation is 2. The van der Waals surface area contributed by atoms with Gasteiger partial charge in [0.25, 0.3) is 0 Å². The van der Waals surface area contributed by atoms with Gasteiger partial charge in [0.2, 0.25) is 5.95 Å². The predicted octanol–water partition coefficient (Wildman–Crippen LogP) is 4.55. The van der Waals surface area contributed by atoms with Crippen molar-refractivity contribution in [1.82, 2.24) is 19.9 Å². The summed E-state index contributed by atoms with van der Waals surface area (Å²) in [5.41, 5.74) is 2.13. The van der Waals surface area contributed by atoms with Crippen LogP contribution in [0.5, 0.6) is 6.01 Å². The van der Waals surface area contributed by atoms with Crippen LogP contribution in [0.25, 0.3) is 0 Å². The van der Waals surface area contributed by atoms with Gasteiger partial charge in [-0.3, -0.25) is 4.84 Å². The number of hydroxylamine groups is 1. The molecule has 2 aliphatic rings. The van der Waals surface area contributed by atoms with Crippen molar-refractivity contribution in [2.24, 2.45) is 5.92 Å². The molecule has 2 aromatic rings. The second kappa shape index (κ2) is 13.8. The first kappa shape index (κ1) is 23.8. The van der Waals surface area contributed by atoms with E-state index in [1.807, 2.05) is 41.5 Å². The molecule has 7 nitrogen and oxygen atoms in total. The Kier molecular flexibility index (Phi) is 11.7. The third-order valence-corrected chi connectivity index (χ3v) is 3.65. The third-order valence-electron chi connectivity index (χ3n) is 3.65. The molecule has 0 amide bonds. The fraction of sp³-hybridized carbons (Fsp3) is 0.619. The molecule has 1 aliphatic carbocycles. The van der Waals surface area contributed by atoms with Crippen molar-refractivity contribution < 1.29 is 9.57 Å². The van der Waals surface area contributed by atoms with Crippen LogP contribution in [0.1, 0.15) is 58.1 Å². The zero-order valence-corrected chi connectivity index (χ0v) is 18.2. The smallest absolute Gasteiger partial charge is 0.316 e. The van der Waals surface area contributed by atoms with Gasteiger partial charge in [-0.05, 0) is 50.2 Å². The molecule has 4 rings (SSSR count). The standard InChI is InChI=1S/C9H12N2O.C8H11N3O.2C2H6/c1-7-4-10-9(11-5-7)12-6-8-2-3-8;1-7-5-9-8(10-6-7)11-3-2-4-12-11;2*1-2/h4-5,8H,2-3,6H2,1H3;5-6H,2-4H2,1H3;2*1-2H3. The highest BCUT2D eigenvalue weighted by Crippen LogP contribution is 2.28. The quantitative estimate of drug-likeness (QED) is 0.759. The molecule has 1 aliphatic heterocycles. The molecule has 7 heteroatoms. The molecule has 2 fully saturated rings. The van der Waals surface area contributed by atoms with Crippen molar-refractivity contribution in [3.05, 3.63) is 35.9 Å². The van der Waals surface area contributed by atoms with Crippen LogP contribution in [-0.2, 0) is 4.84 Å². The second-order valence-corrected chi connectivity index (χ2v) is 6.15. The Morgan fingerprint density at radius 1 is 0.929 bits per heavy atom. The summed E-state index contributed by atoms with van der Waals surface area (Å²) in [6.45, 7) is 14.4. The molecule has 1 saturated heterocycles. The lowest BCUT2D eigenvalue weighted by Crippen LogP contribution is -2.18. The molecule has 0 aromatic carbocycles. The van der Waals surface area contributed by atoms with Crippen molar-refractivity contribution in [1.29, 1.82) is 0 Å². The van der Waals surface area contributed by atoms with Crippen LogP contribution in [0.3, 0.4) is 0 Å². The SMILES string of the molecule is CC.CC.Cc1cnc(N2CCCO2)nc1.Cc1cnc(OCC2CC2)nc1. The van der Waals surface area contributed by atoms with Gasteiger partial charge < -0.3 is 4.74 Å². The van der Waals surface area contributed by atoms with E-state index in [0.717, 1.165) is 43.2 Å². The second-order valence-electron chi connectivity index (χ2n) is 6.15. The van der Waals surface area contributed by atoms with E-state index < -0.39 is 0 Å². The molecule has 0 radical (unpaired) electrons. The molecule has 2 aromatic heterocycles. The molecular weight excluding hydrogens is 354 g/mol. The van der Waals surface area contributed by atoms with E-state index in [-0.39, 0.29) is 0 Å². The van der Waals surface area contributed by atoms with Gasteiger partial charge in [0, 0.05) is 24.8 Å². The van der Waals surface area contributed by atoms with E-state index in [9.17, 15) is 0 Å². The van der Waals surface area contributed by atoms with Gasteiger partial charge in [-0.15, -0.1) is 0 Å². The summed E-state index contributed by atoms with van der Waals surface area (Å²) in [4.78, 5) is 21.7. The maximum atomic E-state index is 5.36. The van der Waals surface area contributed by atoms with E-state index >= 15 is 0 Å². The van der Waals surface area contributed by atoms with Crippen LogP contribution in [0.4, 0.5) is 5.95 Å². The summed E-state index contributed by atoms with van der Waals surface area (Å²) in [5.74, 6) is 1.42. The number of aromatic nitrogens is 4. The zero-order valence-electron chi connectivity index (χ0n) is 18.2. The minimum absolute atomic E-state index is 0.507. The number of anilines is 1. The van der Waals surface area contributed by atoms with Crippen molar-refractivity contribution in [2.75, 3.05) is 24.8 Å². The number of hydrogen-bond acceptors (Lipinski definition) is 7. The fourth-order valence-electron chi connectivity index (χ4n) is 2.05. The van der Waals surface area contributed by atoms with Crippen LogP contribution in [0.15, 0.2) is 24.8 Å². The van der Waals surface area contributed by atoms with Gasteiger partial charge in [0.05, 0.1) is 19.8 Å². The lowest BCUT2D eigenvalue weighted by molar-refractivity contribution is 0.164. The fourth-order valence-corrected chi connectivity index (χ4v) is 2.05. The Morgan fingerprint density at radius 2 is 1.46 bits per heavy atom. The highest BCUT2D eigenvalue weighted by atomic mass is 16.7. The zero-order chi connectivity index (χ0) is 20.8. The van der Waals surface area contributed by atoms with Crippen molar-refractivity contribution in [3.8, 4) is 6.01 Å². The maximum Gasteiger partial charge on any atom is 0.316 e.